The molecule has 6 heteroatoms. The van der Waals surface area contributed by atoms with Crippen molar-refractivity contribution in [3.05, 3.63) is 173 Å². The Morgan fingerprint density at radius 2 is 1.30 bits per heavy atom. The monoisotopic (exact) mass is 602 g/mol. The molecule has 1 amide bonds. The second-order valence-corrected chi connectivity index (χ2v) is 11.9. The van der Waals surface area contributed by atoms with Crippen LogP contribution in [0.25, 0.3) is 6.08 Å². The molecule has 0 aliphatic carbocycles. The third-order valence-electron chi connectivity index (χ3n) is 9.56. The minimum Gasteiger partial charge on any atom is -0.451 e. The number of nitrogens with zero attached hydrogens (tertiary/aromatic N) is 1. The smallest absolute Gasteiger partial charge is 0.330 e. The number of ether oxygens (including phenoxy) is 1. The molecule has 0 bridgehead atoms. The number of esters is 1. The van der Waals surface area contributed by atoms with E-state index in [0.717, 1.165) is 22.4 Å². The maximum atomic E-state index is 15.0. The minimum atomic E-state index is -1.40. The number of carbonyl (C=O) groups is 3. The van der Waals surface area contributed by atoms with Gasteiger partial charge in [0.05, 0.1) is 12.0 Å². The van der Waals surface area contributed by atoms with Gasteiger partial charge in [-0.3, -0.25) is 9.59 Å². The van der Waals surface area contributed by atoms with Crippen LogP contribution in [-0.2, 0) is 19.7 Å². The van der Waals surface area contributed by atoms with Gasteiger partial charge in [0.1, 0.15) is 11.5 Å². The summed E-state index contributed by atoms with van der Waals surface area (Å²) in [7, 11) is 0. The summed E-state index contributed by atoms with van der Waals surface area (Å²) in [6.45, 7) is 0. The van der Waals surface area contributed by atoms with Gasteiger partial charge in [0.25, 0.3) is 0 Å². The van der Waals surface area contributed by atoms with Gasteiger partial charge in [-0.25, -0.2) is 4.79 Å². The molecule has 4 atom stereocenters. The number of benzene rings is 5. The Labute approximate surface area is 267 Å². The molecule has 1 saturated heterocycles. The number of ketones is 1. The number of hydrogen-bond acceptors (Lipinski definition) is 5. The fourth-order valence-electron chi connectivity index (χ4n) is 7.64. The molecule has 46 heavy (non-hydrogen) atoms. The first kappa shape index (κ1) is 27.8. The molecular weight excluding hydrogens is 572 g/mol. The zero-order valence-corrected chi connectivity index (χ0v) is 24.8. The van der Waals surface area contributed by atoms with E-state index in [-0.39, 0.29) is 11.7 Å². The topological polar surface area (TPSA) is 75.7 Å². The van der Waals surface area contributed by atoms with Crippen molar-refractivity contribution >= 4 is 35.1 Å². The first-order valence-electron chi connectivity index (χ1n) is 15.4. The highest BCUT2D eigenvalue weighted by Gasteiger charge is 2.71. The fourth-order valence-corrected chi connectivity index (χ4v) is 7.64. The van der Waals surface area contributed by atoms with Crippen LogP contribution >= 0.6 is 0 Å². The van der Waals surface area contributed by atoms with Crippen molar-refractivity contribution < 1.29 is 19.1 Å². The molecule has 1 N–H and O–H groups in total. The Morgan fingerprint density at radius 3 is 2.00 bits per heavy atom. The summed E-state index contributed by atoms with van der Waals surface area (Å²) in [5, 5.41) is 3.07. The van der Waals surface area contributed by atoms with E-state index >= 15 is 4.79 Å². The molecule has 3 aliphatic heterocycles. The molecule has 8 rings (SSSR count). The molecule has 0 unspecified atom stereocenters. The molecule has 5 aromatic carbocycles. The molecule has 3 heterocycles. The average Bonchev–Trinajstić information content (AvgIpc) is 3.60. The normalized spacial score (nSPS) is 22.2. The van der Waals surface area contributed by atoms with Crippen LogP contribution in [0.5, 0.6) is 0 Å². The van der Waals surface area contributed by atoms with E-state index in [9.17, 15) is 9.59 Å². The lowest BCUT2D eigenvalue weighted by Gasteiger charge is -2.37. The highest BCUT2D eigenvalue weighted by Crippen LogP contribution is 2.58. The molecule has 0 saturated carbocycles. The lowest BCUT2D eigenvalue weighted by atomic mass is 9.64. The summed E-state index contributed by atoms with van der Waals surface area (Å²) in [5.41, 5.74) is 3.66. The number of fused-ring (bicyclic) bond motifs is 6. The molecule has 1 fully saturated rings. The standard InChI is InChI=1S/C40H30N2O4/c43-36(27-15-4-1-5-16-27)34-35(38(44)46-37(28-17-6-2-7-18-28)29-19-8-3-9-20-29)42-32-23-13-10-14-26(32)24-25-33(42)40(34)30-21-11-12-22-31(30)41-39(40)45/h1-25,33-35,37H,(H,41,45)/t33-,34+,35-,40-/m0/s1. The van der Waals surface area contributed by atoms with Crippen LogP contribution in [0, 0.1) is 5.92 Å². The van der Waals surface area contributed by atoms with E-state index in [0.29, 0.717) is 16.8 Å². The van der Waals surface area contributed by atoms with Crippen LogP contribution in [0.4, 0.5) is 11.4 Å². The van der Waals surface area contributed by atoms with Crippen LogP contribution < -0.4 is 10.2 Å². The summed E-state index contributed by atoms with van der Waals surface area (Å²) < 4.78 is 6.52. The van der Waals surface area contributed by atoms with Gasteiger partial charge in [-0.15, -0.1) is 0 Å². The van der Waals surface area contributed by atoms with E-state index < -0.39 is 35.5 Å². The Morgan fingerprint density at radius 1 is 0.717 bits per heavy atom. The Balaban J connectivity index is 1.35. The third-order valence-corrected chi connectivity index (χ3v) is 9.56. The zero-order valence-electron chi connectivity index (χ0n) is 24.8. The van der Waals surface area contributed by atoms with Gasteiger partial charge < -0.3 is 15.0 Å². The lowest BCUT2D eigenvalue weighted by Crippen LogP contribution is -2.51. The molecule has 0 radical (unpaired) electrons. The predicted octanol–water partition coefficient (Wildman–Crippen LogP) is 6.99. The molecule has 224 valence electrons. The molecule has 1 spiro atoms. The Bertz CT molecular complexity index is 1950. The minimum absolute atomic E-state index is 0.286. The molecule has 6 nitrogen and oxygen atoms in total. The van der Waals surface area contributed by atoms with E-state index in [4.69, 9.17) is 4.74 Å². The van der Waals surface area contributed by atoms with E-state index in [1.54, 1.807) is 24.3 Å². The Hall–Kier alpha value is -5.75. The van der Waals surface area contributed by atoms with Gasteiger partial charge in [-0.05, 0) is 34.4 Å². The molecule has 0 aromatic heterocycles. The van der Waals surface area contributed by atoms with Crippen LogP contribution in [0.15, 0.2) is 146 Å². The SMILES string of the molecule is O=C(OC(c1ccccc1)c1ccccc1)[C@@H]1[C@H](C(=O)c2ccccc2)[C@@]2(C(=O)Nc3ccccc32)[C@@H]2C=Cc3ccccc3N12. The maximum absolute atomic E-state index is 15.0. The number of anilines is 2. The summed E-state index contributed by atoms with van der Waals surface area (Å²) in [4.78, 5) is 46.4. The number of para-hydroxylation sites is 2. The summed E-state index contributed by atoms with van der Waals surface area (Å²) in [6, 6.07) is 41.6. The second kappa shape index (κ2) is 11.0. The van der Waals surface area contributed by atoms with Crippen LogP contribution in [0.3, 0.4) is 0 Å². The highest BCUT2D eigenvalue weighted by molar-refractivity contribution is 6.16. The summed E-state index contributed by atoms with van der Waals surface area (Å²) in [5.74, 6) is -2.26. The molecule has 5 aromatic rings. The van der Waals surface area contributed by atoms with Gasteiger partial charge in [0.2, 0.25) is 5.91 Å². The van der Waals surface area contributed by atoms with Crippen molar-refractivity contribution in [2.24, 2.45) is 5.92 Å². The number of nitrogens with one attached hydrogen (secondary N) is 1. The van der Waals surface area contributed by atoms with Crippen molar-refractivity contribution in [3.8, 4) is 0 Å². The van der Waals surface area contributed by atoms with Gasteiger partial charge in [-0.2, -0.15) is 0 Å². The maximum Gasteiger partial charge on any atom is 0.330 e. The zero-order chi connectivity index (χ0) is 31.3. The van der Waals surface area contributed by atoms with Crippen molar-refractivity contribution in [2.75, 3.05) is 10.2 Å². The van der Waals surface area contributed by atoms with Crippen molar-refractivity contribution in [1.29, 1.82) is 0 Å². The van der Waals surface area contributed by atoms with Crippen molar-refractivity contribution in [2.45, 2.75) is 23.6 Å². The number of Topliss-reactive ketones (excluding diaryl/α,β-unsaturated/α-hetero) is 1. The third kappa shape index (κ3) is 4.14. The number of hydrogen-bond donors (Lipinski definition) is 1. The van der Waals surface area contributed by atoms with Crippen molar-refractivity contribution in [1.82, 2.24) is 0 Å². The number of carbonyl (C=O) groups excluding carboxylic acids is 3. The first-order chi connectivity index (χ1) is 22.6. The van der Waals surface area contributed by atoms with Crippen LogP contribution in [-0.4, -0.2) is 29.7 Å². The lowest BCUT2D eigenvalue weighted by molar-refractivity contribution is -0.150. The van der Waals surface area contributed by atoms with Gasteiger partial charge in [0, 0.05) is 16.9 Å². The average molecular weight is 603 g/mol. The van der Waals surface area contributed by atoms with E-state index in [2.05, 4.69) is 5.32 Å². The first-order valence-corrected chi connectivity index (χ1v) is 15.4. The number of rotatable bonds is 6. The Kier molecular flexibility index (Phi) is 6.64. The fraction of sp³-hybridized carbons (Fsp3) is 0.125. The summed E-state index contributed by atoms with van der Waals surface area (Å²) >= 11 is 0. The second-order valence-electron chi connectivity index (χ2n) is 11.9. The van der Waals surface area contributed by atoms with Crippen LogP contribution in [0.1, 0.15) is 38.7 Å². The predicted molar refractivity (Wildman–Crippen MR) is 177 cm³/mol. The van der Waals surface area contributed by atoms with Gasteiger partial charge >= 0.3 is 5.97 Å². The van der Waals surface area contributed by atoms with Gasteiger partial charge in [-0.1, -0.05) is 140 Å². The van der Waals surface area contributed by atoms with Crippen molar-refractivity contribution in [3.63, 3.8) is 0 Å². The van der Waals surface area contributed by atoms with E-state index in [1.165, 1.54) is 0 Å². The molecular formula is C40H30N2O4. The van der Waals surface area contributed by atoms with E-state index in [1.807, 2.05) is 132 Å². The van der Waals surface area contributed by atoms with Crippen LogP contribution in [0.2, 0.25) is 0 Å². The van der Waals surface area contributed by atoms with Gasteiger partial charge in [0.15, 0.2) is 11.9 Å². The number of amides is 1. The summed E-state index contributed by atoms with van der Waals surface area (Å²) in [6.07, 6.45) is 3.23. The molecule has 3 aliphatic rings. The highest BCUT2D eigenvalue weighted by atomic mass is 16.5. The quantitative estimate of drug-likeness (QED) is 0.168. The largest absolute Gasteiger partial charge is 0.451 e.